The molecule has 0 spiro atoms. The Bertz CT molecular complexity index is 889. The SMILES string of the molecule is CC(C)c1ccccc1N1CC(C(=O)N2c3ccccc3CC2C)CC1=O. The summed E-state index contributed by atoms with van der Waals surface area (Å²) in [5, 5.41) is 0. The van der Waals surface area contributed by atoms with E-state index in [0.29, 0.717) is 12.5 Å². The summed E-state index contributed by atoms with van der Waals surface area (Å²) in [7, 11) is 0. The van der Waals surface area contributed by atoms with Crippen molar-refractivity contribution in [3.05, 3.63) is 59.7 Å². The summed E-state index contributed by atoms with van der Waals surface area (Å²) < 4.78 is 0. The third kappa shape index (κ3) is 3.03. The largest absolute Gasteiger partial charge is 0.311 e. The number of benzene rings is 2. The normalized spacial score (nSPS) is 21.9. The number of nitrogens with zero attached hydrogens (tertiary/aromatic N) is 2. The van der Waals surface area contributed by atoms with E-state index in [9.17, 15) is 9.59 Å². The Kier molecular flexibility index (Phi) is 4.50. The van der Waals surface area contributed by atoms with Crippen LogP contribution in [0.5, 0.6) is 0 Å². The first-order valence-electron chi connectivity index (χ1n) is 9.77. The Morgan fingerprint density at radius 2 is 1.67 bits per heavy atom. The highest BCUT2D eigenvalue weighted by Crippen LogP contribution is 2.36. The van der Waals surface area contributed by atoms with E-state index in [1.807, 2.05) is 46.2 Å². The van der Waals surface area contributed by atoms with Crippen molar-refractivity contribution in [3.8, 4) is 0 Å². The number of rotatable bonds is 3. The first-order valence-corrected chi connectivity index (χ1v) is 9.77. The minimum absolute atomic E-state index is 0.0431. The number of hydrogen-bond acceptors (Lipinski definition) is 2. The molecule has 0 saturated carbocycles. The van der Waals surface area contributed by atoms with Crippen LogP contribution in [-0.4, -0.2) is 24.4 Å². The lowest BCUT2D eigenvalue weighted by Gasteiger charge is -2.26. The molecule has 0 radical (unpaired) electrons. The van der Waals surface area contributed by atoms with Crippen LogP contribution in [0.4, 0.5) is 11.4 Å². The Hall–Kier alpha value is -2.62. The van der Waals surface area contributed by atoms with Crippen molar-refractivity contribution in [1.29, 1.82) is 0 Å². The Morgan fingerprint density at radius 1 is 1.00 bits per heavy atom. The molecule has 2 heterocycles. The first-order chi connectivity index (χ1) is 13.0. The van der Waals surface area contributed by atoms with Crippen molar-refractivity contribution >= 4 is 23.2 Å². The maximum absolute atomic E-state index is 13.3. The van der Waals surface area contributed by atoms with Gasteiger partial charge in [-0.3, -0.25) is 9.59 Å². The van der Waals surface area contributed by atoms with Crippen molar-refractivity contribution < 1.29 is 9.59 Å². The molecule has 140 valence electrons. The van der Waals surface area contributed by atoms with Crippen LogP contribution in [0.15, 0.2) is 48.5 Å². The minimum atomic E-state index is -0.286. The molecule has 0 aromatic heterocycles. The fourth-order valence-electron chi connectivity index (χ4n) is 4.43. The Labute approximate surface area is 160 Å². The molecule has 2 aromatic carbocycles. The van der Waals surface area contributed by atoms with Crippen LogP contribution in [-0.2, 0) is 16.0 Å². The van der Waals surface area contributed by atoms with E-state index in [-0.39, 0.29) is 30.2 Å². The number of amides is 2. The second kappa shape index (κ2) is 6.84. The van der Waals surface area contributed by atoms with Gasteiger partial charge in [-0.1, -0.05) is 50.2 Å². The summed E-state index contributed by atoms with van der Waals surface area (Å²) in [5.74, 6) is 0.160. The first kappa shape index (κ1) is 17.8. The molecule has 0 N–H and O–H groups in total. The van der Waals surface area contributed by atoms with Gasteiger partial charge in [-0.15, -0.1) is 0 Å². The fraction of sp³-hybridized carbons (Fsp3) is 0.391. The van der Waals surface area contributed by atoms with Crippen molar-refractivity contribution in [1.82, 2.24) is 0 Å². The van der Waals surface area contributed by atoms with Gasteiger partial charge in [0, 0.05) is 30.4 Å². The van der Waals surface area contributed by atoms with Gasteiger partial charge in [0.05, 0.1) is 5.92 Å². The van der Waals surface area contributed by atoms with Crippen LogP contribution < -0.4 is 9.80 Å². The number of para-hydroxylation sites is 2. The van der Waals surface area contributed by atoms with Crippen LogP contribution in [0.1, 0.15) is 44.2 Å². The van der Waals surface area contributed by atoms with E-state index in [1.165, 1.54) is 5.56 Å². The van der Waals surface area contributed by atoms with Gasteiger partial charge in [0.25, 0.3) is 0 Å². The summed E-state index contributed by atoms with van der Waals surface area (Å²) in [5.41, 5.74) is 4.31. The standard InChI is InChI=1S/C23H26N2O2/c1-15(2)19-9-5-7-11-21(19)24-14-18(13-22(24)26)23(27)25-16(3)12-17-8-4-6-10-20(17)25/h4-11,15-16,18H,12-14H2,1-3H3. The van der Waals surface area contributed by atoms with Gasteiger partial charge >= 0.3 is 0 Å². The number of fused-ring (bicyclic) bond motifs is 1. The molecule has 1 fully saturated rings. The zero-order chi connectivity index (χ0) is 19.1. The van der Waals surface area contributed by atoms with Gasteiger partial charge in [-0.2, -0.15) is 0 Å². The molecule has 0 aliphatic carbocycles. The van der Waals surface area contributed by atoms with E-state index in [0.717, 1.165) is 23.4 Å². The van der Waals surface area contributed by atoms with Gasteiger partial charge in [0.15, 0.2) is 0 Å². The van der Waals surface area contributed by atoms with Crippen molar-refractivity contribution in [2.24, 2.45) is 5.92 Å². The Balaban J connectivity index is 1.59. The second-order valence-electron chi connectivity index (χ2n) is 8.01. The maximum atomic E-state index is 13.3. The molecule has 4 rings (SSSR count). The fourth-order valence-corrected chi connectivity index (χ4v) is 4.43. The van der Waals surface area contributed by atoms with Crippen LogP contribution in [0.25, 0.3) is 0 Å². The number of carbonyl (C=O) groups excluding carboxylic acids is 2. The van der Waals surface area contributed by atoms with E-state index in [2.05, 4.69) is 32.9 Å². The van der Waals surface area contributed by atoms with Crippen LogP contribution in [0.3, 0.4) is 0 Å². The number of anilines is 2. The highest BCUT2D eigenvalue weighted by atomic mass is 16.2. The maximum Gasteiger partial charge on any atom is 0.232 e. The van der Waals surface area contributed by atoms with E-state index in [1.54, 1.807) is 0 Å². The zero-order valence-electron chi connectivity index (χ0n) is 16.2. The summed E-state index contributed by atoms with van der Waals surface area (Å²) in [6.45, 7) is 6.81. The third-order valence-corrected chi connectivity index (χ3v) is 5.77. The third-order valence-electron chi connectivity index (χ3n) is 5.77. The molecule has 2 aliphatic heterocycles. The number of carbonyl (C=O) groups is 2. The van der Waals surface area contributed by atoms with Crippen LogP contribution in [0, 0.1) is 5.92 Å². The molecular weight excluding hydrogens is 336 g/mol. The van der Waals surface area contributed by atoms with Gasteiger partial charge in [0.1, 0.15) is 0 Å². The summed E-state index contributed by atoms with van der Waals surface area (Å²) in [4.78, 5) is 29.8. The Morgan fingerprint density at radius 3 is 2.41 bits per heavy atom. The highest BCUT2D eigenvalue weighted by Gasteiger charge is 2.41. The molecule has 0 bridgehead atoms. The lowest BCUT2D eigenvalue weighted by molar-refractivity contribution is -0.124. The smallest absolute Gasteiger partial charge is 0.232 e. The topological polar surface area (TPSA) is 40.6 Å². The average Bonchev–Trinajstić information content (AvgIpc) is 3.20. The van der Waals surface area contributed by atoms with Gasteiger partial charge in [0.2, 0.25) is 11.8 Å². The molecule has 2 aromatic rings. The lowest BCUT2D eigenvalue weighted by atomic mass is 10.0. The molecule has 1 saturated heterocycles. The molecule has 4 nitrogen and oxygen atoms in total. The molecule has 2 unspecified atom stereocenters. The number of hydrogen-bond donors (Lipinski definition) is 0. The molecule has 2 atom stereocenters. The van der Waals surface area contributed by atoms with Crippen LogP contribution >= 0.6 is 0 Å². The highest BCUT2D eigenvalue weighted by molar-refractivity contribution is 6.05. The van der Waals surface area contributed by atoms with E-state index < -0.39 is 0 Å². The zero-order valence-corrected chi connectivity index (χ0v) is 16.2. The van der Waals surface area contributed by atoms with Gasteiger partial charge in [-0.25, -0.2) is 0 Å². The quantitative estimate of drug-likeness (QED) is 0.823. The molecule has 2 amide bonds. The summed E-state index contributed by atoms with van der Waals surface area (Å²) >= 11 is 0. The van der Waals surface area contributed by atoms with Crippen molar-refractivity contribution in [2.75, 3.05) is 16.3 Å². The summed E-state index contributed by atoms with van der Waals surface area (Å²) in [6, 6.07) is 16.3. The predicted molar refractivity (Wildman–Crippen MR) is 108 cm³/mol. The second-order valence-corrected chi connectivity index (χ2v) is 8.01. The van der Waals surface area contributed by atoms with Crippen LogP contribution in [0.2, 0.25) is 0 Å². The minimum Gasteiger partial charge on any atom is -0.311 e. The van der Waals surface area contributed by atoms with Gasteiger partial charge in [-0.05, 0) is 42.5 Å². The molecular formula is C23H26N2O2. The van der Waals surface area contributed by atoms with Crippen molar-refractivity contribution in [2.45, 2.75) is 45.6 Å². The molecule has 27 heavy (non-hydrogen) atoms. The average molecular weight is 362 g/mol. The van der Waals surface area contributed by atoms with E-state index in [4.69, 9.17) is 0 Å². The summed E-state index contributed by atoms with van der Waals surface area (Å²) in [6.07, 6.45) is 1.17. The van der Waals surface area contributed by atoms with Crippen molar-refractivity contribution in [3.63, 3.8) is 0 Å². The molecule has 2 aliphatic rings. The van der Waals surface area contributed by atoms with Gasteiger partial charge < -0.3 is 9.80 Å². The van der Waals surface area contributed by atoms with E-state index >= 15 is 0 Å². The monoisotopic (exact) mass is 362 g/mol. The molecule has 4 heteroatoms. The lowest BCUT2D eigenvalue weighted by Crippen LogP contribution is -2.41. The predicted octanol–water partition coefficient (Wildman–Crippen LogP) is 4.14.